The van der Waals surface area contributed by atoms with Crippen molar-refractivity contribution in [3.63, 3.8) is 0 Å². The fourth-order valence-electron chi connectivity index (χ4n) is 2.30. The van der Waals surface area contributed by atoms with Crippen molar-refractivity contribution in [2.45, 2.75) is 16.7 Å². The molecule has 0 bridgehead atoms. The second-order valence-electron chi connectivity index (χ2n) is 4.95. The van der Waals surface area contributed by atoms with E-state index in [1.54, 1.807) is 11.8 Å². The molecule has 0 atom stereocenters. The van der Waals surface area contributed by atoms with Gasteiger partial charge in [0.2, 0.25) is 0 Å². The van der Waals surface area contributed by atoms with Gasteiger partial charge in [0.15, 0.2) is 0 Å². The highest BCUT2D eigenvalue weighted by Gasteiger charge is 2.16. The van der Waals surface area contributed by atoms with Gasteiger partial charge in [-0.2, -0.15) is 0 Å². The van der Waals surface area contributed by atoms with Crippen LogP contribution in [0.4, 0.5) is 17.1 Å². The predicted octanol–water partition coefficient (Wildman–Crippen LogP) is 5.42. The molecule has 1 aliphatic rings. The number of likely N-dealkylation sites (N-methyl/N-ethyl adjacent to an activating group) is 1. The molecule has 0 aromatic heterocycles. The number of nitrogens with one attached hydrogen (secondary N) is 1. The lowest BCUT2D eigenvalue weighted by Gasteiger charge is -2.24. The summed E-state index contributed by atoms with van der Waals surface area (Å²) in [6.07, 6.45) is 4.02. The second kappa shape index (κ2) is 5.70. The highest BCUT2D eigenvalue weighted by molar-refractivity contribution is 7.99. The molecule has 106 valence electrons. The predicted molar refractivity (Wildman–Crippen MR) is 92.6 cm³/mol. The Bertz CT molecular complexity index is 719. The highest BCUT2D eigenvalue weighted by atomic mass is 32.2. The molecule has 2 aromatic carbocycles. The molecule has 0 aliphatic carbocycles. The Hall–Kier alpha value is -2.13. The molecule has 21 heavy (non-hydrogen) atoms. The first-order valence-electron chi connectivity index (χ1n) is 6.92. The van der Waals surface area contributed by atoms with Gasteiger partial charge in [0.25, 0.3) is 0 Å². The summed E-state index contributed by atoms with van der Waals surface area (Å²) in [5, 5.41) is 3.49. The van der Waals surface area contributed by atoms with E-state index in [-0.39, 0.29) is 0 Å². The normalized spacial score (nSPS) is 12.5. The van der Waals surface area contributed by atoms with Crippen LogP contribution in [0.25, 0.3) is 0 Å². The van der Waals surface area contributed by atoms with Crippen molar-refractivity contribution in [2.75, 3.05) is 17.3 Å². The summed E-state index contributed by atoms with van der Waals surface area (Å²) in [5.74, 6) is 0. The first kappa shape index (κ1) is 13.8. The van der Waals surface area contributed by atoms with E-state index in [1.165, 1.54) is 15.5 Å². The largest absolute Gasteiger partial charge is 0.354 e. The van der Waals surface area contributed by atoms with E-state index in [0.29, 0.717) is 0 Å². The zero-order valence-electron chi connectivity index (χ0n) is 12.3. The van der Waals surface area contributed by atoms with E-state index in [4.69, 9.17) is 0 Å². The van der Waals surface area contributed by atoms with Crippen LogP contribution < -0.4 is 10.2 Å². The fourth-order valence-corrected chi connectivity index (χ4v) is 3.32. The molecular formula is C18H18N2S. The zero-order chi connectivity index (χ0) is 14.8. The van der Waals surface area contributed by atoms with Crippen LogP contribution in [-0.4, -0.2) is 7.05 Å². The number of hydrogen-bond acceptors (Lipinski definition) is 3. The lowest BCUT2D eigenvalue weighted by Crippen LogP contribution is -2.14. The summed E-state index contributed by atoms with van der Waals surface area (Å²) in [5.41, 5.74) is 4.46. The van der Waals surface area contributed by atoms with Crippen molar-refractivity contribution in [3.8, 4) is 0 Å². The molecule has 1 heterocycles. The van der Waals surface area contributed by atoms with Crippen LogP contribution in [0.1, 0.15) is 6.92 Å². The van der Waals surface area contributed by atoms with Crippen molar-refractivity contribution >= 4 is 28.8 Å². The molecule has 0 unspecified atom stereocenters. The van der Waals surface area contributed by atoms with Crippen LogP contribution >= 0.6 is 11.8 Å². The number of allylic oxidation sites excluding steroid dienone is 2. The number of rotatable bonds is 3. The number of fused-ring (bicyclic) bond motifs is 2. The van der Waals surface area contributed by atoms with Gasteiger partial charge in [-0.25, -0.2) is 0 Å². The Balaban J connectivity index is 1.92. The van der Waals surface area contributed by atoms with E-state index < -0.39 is 0 Å². The average molecular weight is 294 g/mol. The van der Waals surface area contributed by atoms with Crippen LogP contribution in [0.5, 0.6) is 0 Å². The van der Waals surface area contributed by atoms with Crippen LogP contribution in [0.15, 0.2) is 76.7 Å². The first-order chi connectivity index (χ1) is 10.2. The van der Waals surface area contributed by atoms with Gasteiger partial charge >= 0.3 is 0 Å². The first-order valence-corrected chi connectivity index (χ1v) is 7.74. The van der Waals surface area contributed by atoms with Crippen molar-refractivity contribution in [1.82, 2.24) is 0 Å². The molecule has 0 amide bonds. The summed E-state index contributed by atoms with van der Waals surface area (Å²) >= 11 is 1.80. The molecule has 3 heteroatoms. The summed E-state index contributed by atoms with van der Waals surface area (Å²) in [6, 6.07) is 14.8. The van der Waals surface area contributed by atoms with Gasteiger partial charge in [0.1, 0.15) is 0 Å². The molecule has 2 nitrogen and oxygen atoms in total. The summed E-state index contributed by atoms with van der Waals surface area (Å²) in [7, 11) is 2.04. The molecule has 0 saturated heterocycles. The van der Waals surface area contributed by atoms with Crippen LogP contribution in [0.3, 0.4) is 0 Å². The zero-order valence-corrected chi connectivity index (χ0v) is 13.1. The minimum Gasteiger partial charge on any atom is -0.354 e. The maximum atomic E-state index is 4.09. The lowest BCUT2D eigenvalue weighted by molar-refractivity contribution is 1.13. The van der Waals surface area contributed by atoms with E-state index in [0.717, 1.165) is 17.1 Å². The van der Waals surface area contributed by atoms with E-state index in [1.807, 2.05) is 26.1 Å². The van der Waals surface area contributed by atoms with Crippen molar-refractivity contribution in [1.29, 1.82) is 0 Å². The lowest BCUT2D eigenvalue weighted by atomic mass is 10.2. The van der Waals surface area contributed by atoms with Gasteiger partial charge in [0.05, 0.1) is 11.4 Å². The average Bonchev–Trinajstić information content (AvgIpc) is 2.51. The Labute approximate surface area is 130 Å². The third-order valence-corrected chi connectivity index (χ3v) is 4.65. The van der Waals surface area contributed by atoms with E-state index in [2.05, 4.69) is 59.3 Å². The van der Waals surface area contributed by atoms with Crippen molar-refractivity contribution < 1.29 is 0 Å². The molecule has 1 N–H and O–H groups in total. The Morgan fingerprint density at radius 3 is 2.71 bits per heavy atom. The molecule has 0 fully saturated rings. The van der Waals surface area contributed by atoms with Crippen LogP contribution in [0.2, 0.25) is 0 Å². The second-order valence-corrected chi connectivity index (χ2v) is 6.04. The number of benzene rings is 2. The maximum Gasteiger partial charge on any atom is 0.0527 e. The molecule has 0 radical (unpaired) electrons. The van der Waals surface area contributed by atoms with Gasteiger partial charge in [-0.05, 0) is 43.3 Å². The Morgan fingerprint density at radius 2 is 1.90 bits per heavy atom. The van der Waals surface area contributed by atoms with E-state index in [9.17, 15) is 0 Å². The van der Waals surface area contributed by atoms with E-state index >= 15 is 0 Å². The minimum absolute atomic E-state index is 0.978. The molecule has 0 spiro atoms. The third kappa shape index (κ3) is 2.69. The monoisotopic (exact) mass is 294 g/mol. The SMILES string of the molecule is C=C(/C=C\C)N(C)c1ccc2c(c1)Sc1ccccc1N2. The van der Waals surface area contributed by atoms with Crippen molar-refractivity contribution in [3.05, 3.63) is 66.9 Å². The van der Waals surface area contributed by atoms with Gasteiger partial charge in [0, 0.05) is 28.2 Å². The Kier molecular flexibility index (Phi) is 3.76. The molecular weight excluding hydrogens is 276 g/mol. The number of hydrogen-bond donors (Lipinski definition) is 1. The summed E-state index contributed by atoms with van der Waals surface area (Å²) in [6.45, 7) is 6.09. The minimum atomic E-state index is 0.978. The summed E-state index contributed by atoms with van der Waals surface area (Å²) in [4.78, 5) is 4.60. The number of anilines is 3. The Morgan fingerprint density at radius 1 is 1.14 bits per heavy atom. The third-order valence-electron chi connectivity index (χ3n) is 3.52. The topological polar surface area (TPSA) is 15.3 Å². The summed E-state index contributed by atoms with van der Waals surface area (Å²) < 4.78 is 0. The van der Waals surface area contributed by atoms with Gasteiger partial charge < -0.3 is 10.2 Å². The van der Waals surface area contributed by atoms with Crippen LogP contribution in [0, 0.1) is 0 Å². The molecule has 2 aromatic rings. The van der Waals surface area contributed by atoms with Crippen LogP contribution in [-0.2, 0) is 0 Å². The van der Waals surface area contributed by atoms with Gasteiger partial charge in [-0.1, -0.05) is 36.5 Å². The van der Waals surface area contributed by atoms with Gasteiger partial charge in [-0.15, -0.1) is 0 Å². The molecule has 3 rings (SSSR count). The smallest absolute Gasteiger partial charge is 0.0527 e. The molecule has 1 aliphatic heterocycles. The fraction of sp³-hybridized carbons (Fsp3) is 0.111. The molecule has 0 saturated carbocycles. The number of para-hydroxylation sites is 1. The standard InChI is InChI=1S/C18H18N2S/c1-4-7-13(2)20(3)14-10-11-16-18(12-14)21-17-9-6-5-8-15(17)19-16/h4-12,19H,2H2,1,3H3/b7-4-. The highest BCUT2D eigenvalue weighted by Crippen LogP contribution is 2.45. The van der Waals surface area contributed by atoms with Gasteiger partial charge in [-0.3, -0.25) is 0 Å². The quantitative estimate of drug-likeness (QED) is 0.649. The van der Waals surface area contributed by atoms with Crippen molar-refractivity contribution in [2.24, 2.45) is 0 Å². The number of nitrogens with zero attached hydrogens (tertiary/aromatic N) is 1. The maximum absolute atomic E-state index is 4.09.